The molecule has 0 aliphatic heterocycles. The summed E-state index contributed by atoms with van der Waals surface area (Å²) in [4.78, 5) is 0. The molecule has 1 heterocycles. The molecule has 1 aromatic heterocycles. The summed E-state index contributed by atoms with van der Waals surface area (Å²) >= 11 is 0. The van der Waals surface area contributed by atoms with Crippen molar-refractivity contribution in [3.63, 3.8) is 0 Å². The maximum Gasteiger partial charge on any atom is 0.146 e. The molecule has 0 radical (unpaired) electrons. The molecule has 19 heavy (non-hydrogen) atoms. The van der Waals surface area contributed by atoms with Crippen molar-refractivity contribution < 1.29 is 0 Å². The summed E-state index contributed by atoms with van der Waals surface area (Å²) in [6.45, 7) is 7.97. The van der Waals surface area contributed by atoms with E-state index in [1.807, 2.05) is 18.5 Å². The average Bonchev–Trinajstić information content (AvgIpc) is 2.71. The van der Waals surface area contributed by atoms with Crippen LogP contribution in [0.15, 0.2) is 24.3 Å². The number of nitrogens with zero attached hydrogens (tertiary/aromatic N) is 3. The van der Waals surface area contributed by atoms with Crippen LogP contribution in [0.3, 0.4) is 0 Å². The summed E-state index contributed by atoms with van der Waals surface area (Å²) in [5.41, 5.74) is 2.68. The van der Waals surface area contributed by atoms with Crippen molar-refractivity contribution in [2.75, 3.05) is 0 Å². The van der Waals surface area contributed by atoms with Crippen molar-refractivity contribution in [1.29, 1.82) is 0 Å². The van der Waals surface area contributed by atoms with Crippen molar-refractivity contribution in [2.45, 2.75) is 39.8 Å². The minimum Gasteiger partial charge on any atom is -0.317 e. The second-order valence-electron chi connectivity index (χ2n) is 5.22. The summed E-state index contributed by atoms with van der Waals surface area (Å²) in [5.74, 6) is 2.50. The van der Waals surface area contributed by atoms with Gasteiger partial charge in [-0.25, -0.2) is 0 Å². The van der Waals surface area contributed by atoms with E-state index >= 15 is 0 Å². The van der Waals surface area contributed by atoms with Crippen LogP contribution < -0.4 is 5.32 Å². The van der Waals surface area contributed by atoms with E-state index in [9.17, 15) is 0 Å². The molecule has 0 aliphatic carbocycles. The lowest BCUT2D eigenvalue weighted by molar-refractivity contribution is 0.634. The van der Waals surface area contributed by atoms with Gasteiger partial charge >= 0.3 is 0 Å². The van der Waals surface area contributed by atoms with Crippen LogP contribution in [0.1, 0.15) is 42.5 Å². The predicted molar refractivity (Wildman–Crippen MR) is 76.8 cm³/mol. The van der Waals surface area contributed by atoms with Crippen molar-refractivity contribution in [3.8, 4) is 0 Å². The lowest BCUT2D eigenvalue weighted by atomic mass is 10.0. The van der Waals surface area contributed by atoms with Gasteiger partial charge in [0.1, 0.15) is 11.6 Å². The van der Waals surface area contributed by atoms with Crippen LogP contribution >= 0.6 is 0 Å². The zero-order valence-corrected chi connectivity index (χ0v) is 12.1. The van der Waals surface area contributed by atoms with E-state index in [4.69, 9.17) is 0 Å². The molecule has 4 nitrogen and oxygen atoms in total. The van der Waals surface area contributed by atoms with E-state index in [0.717, 1.165) is 24.7 Å². The first-order chi connectivity index (χ1) is 9.08. The van der Waals surface area contributed by atoms with Crippen molar-refractivity contribution in [2.24, 2.45) is 7.05 Å². The van der Waals surface area contributed by atoms with Gasteiger partial charge in [0.2, 0.25) is 0 Å². The van der Waals surface area contributed by atoms with Gasteiger partial charge in [-0.2, -0.15) is 0 Å². The fourth-order valence-electron chi connectivity index (χ4n) is 1.94. The average molecular weight is 258 g/mol. The molecule has 0 saturated heterocycles. The molecule has 0 aliphatic rings. The molecule has 0 bridgehead atoms. The summed E-state index contributed by atoms with van der Waals surface area (Å²) in [6, 6.07) is 8.77. The van der Waals surface area contributed by atoms with E-state index in [2.05, 4.69) is 53.6 Å². The zero-order valence-electron chi connectivity index (χ0n) is 12.1. The molecule has 0 unspecified atom stereocenters. The van der Waals surface area contributed by atoms with Crippen LogP contribution in [0.25, 0.3) is 0 Å². The number of aryl methyl sites for hydroxylation is 1. The molecule has 1 N–H and O–H groups in total. The Labute approximate surface area is 114 Å². The second kappa shape index (κ2) is 5.97. The van der Waals surface area contributed by atoms with Crippen molar-refractivity contribution in [1.82, 2.24) is 20.1 Å². The maximum absolute atomic E-state index is 4.13. The number of hydrogen-bond donors (Lipinski definition) is 1. The van der Waals surface area contributed by atoms with Gasteiger partial charge in [-0.15, -0.1) is 10.2 Å². The molecule has 2 aromatic rings. The monoisotopic (exact) mass is 258 g/mol. The molecule has 0 amide bonds. The molecular formula is C15H22N4. The topological polar surface area (TPSA) is 42.7 Å². The molecular weight excluding hydrogens is 236 g/mol. The van der Waals surface area contributed by atoms with Gasteiger partial charge in [0.25, 0.3) is 0 Å². The van der Waals surface area contributed by atoms with Gasteiger partial charge in [0.15, 0.2) is 0 Å². The Kier molecular flexibility index (Phi) is 4.32. The molecule has 4 heteroatoms. The highest BCUT2D eigenvalue weighted by atomic mass is 15.3. The highest BCUT2D eigenvalue weighted by Gasteiger charge is 2.04. The number of benzene rings is 1. The van der Waals surface area contributed by atoms with E-state index in [1.54, 1.807) is 0 Å². The Morgan fingerprint density at radius 2 is 1.79 bits per heavy atom. The summed E-state index contributed by atoms with van der Waals surface area (Å²) in [6.07, 6.45) is 0. The van der Waals surface area contributed by atoms with Gasteiger partial charge in [-0.05, 0) is 24.0 Å². The van der Waals surface area contributed by atoms with Crippen LogP contribution in [0, 0.1) is 6.92 Å². The SMILES string of the molecule is Cc1nnc(CNCc2ccc(C(C)C)cc2)n1C. The Hall–Kier alpha value is -1.68. The molecule has 1 aromatic carbocycles. The lowest BCUT2D eigenvalue weighted by Crippen LogP contribution is -2.16. The van der Waals surface area contributed by atoms with Gasteiger partial charge in [0, 0.05) is 13.6 Å². The van der Waals surface area contributed by atoms with Crippen LogP contribution in [0.5, 0.6) is 0 Å². The molecule has 2 rings (SSSR count). The number of nitrogens with one attached hydrogen (secondary N) is 1. The predicted octanol–water partition coefficient (Wildman–Crippen LogP) is 2.54. The molecule has 0 spiro atoms. The fraction of sp³-hybridized carbons (Fsp3) is 0.467. The molecule has 102 valence electrons. The van der Waals surface area contributed by atoms with Crippen LogP contribution in [0.2, 0.25) is 0 Å². The van der Waals surface area contributed by atoms with Crippen molar-refractivity contribution in [3.05, 3.63) is 47.0 Å². The third-order valence-electron chi connectivity index (χ3n) is 3.44. The highest BCUT2D eigenvalue weighted by molar-refractivity contribution is 5.24. The molecule has 0 fully saturated rings. The minimum atomic E-state index is 0.587. The third-order valence-corrected chi connectivity index (χ3v) is 3.44. The largest absolute Gasteiger partial charge is 0.317 e. The smallest absolute Gasteiger partial charge is 0.146 e. The molecule has 0 atom stereocenters. The summed E-state index contributed by atoms with van der Waals surface area (Å²) in [5, 5.41) is 11.6. The Balaban J connectivity index is 1.87. The summed E-state index contributed by atoms with van der Waals surface area (Å²) < 4.78 is 2.01. The second-order valence-corrected chi connectivity index (χ2v) is 5.22. The minimum absolute atomic E-state index is 0.587. The van der Waals surface area contributed by atoms with Crippen LogP contribution in [0.4, 0.5) is 0 Å². The van der Waals surface area contributed by atoms with Gasteiger partial charge in [-0.1, -0.05) is 38.1 Å². The molecule has 0 saturated carbocycles. The van der Waals surface area contributed by atoms with E-state index < -0.39 is 0 Å². The summed E-state index contributed by atoms with van der Waals surface area (Å²) in [7, 11) is 1.99. The zero-order chi connectivity index (χ0) is 13.8. The third kappa shape index (κ3) is 3.41. The van der Waals surface area contributed by atoms with Gasteiger partial charge in [-0.3, -0.25) is 0 Å². The first-order valence-corrected chi connectivity index (χ1v) is 6.72. The normalized spacial score (nSPS) is 11.2. The van der Waals surface area contributed by atoms with Crippen LogP contribution in [-0.4, -0.2) is 14.8 Å². The Bertz CT molecular complexity index is 526. The quantitative estimate of drug-likeness (QED) is 0.896. The maximum atomic E-state index is 4.13. The standard InChI is InChI=1S/C15H22N4/c1-11(2)14-7-5-13(6-8-14)9-16-10-15-18-17-12(3)19(15)4/h5-8,11,16H,9-10H2,1-4H3. The number of hydrogen-bond acceptors (Lipinski definition) is 3. The van der Waals surface area contributed by atoms with E-state index in [0.29, 0.717) is 5.92 Å². The number of aromatic nitrogens is 3. The Morgan fingerprint density at radius 3 is 2.32 bits per heavy atom. The Morgan fingerprint density at radius 1 is 1.11 bits per heavy atom. The number of rotatable bonds is 5. The van der Waals surface area contributed by atoms with Gasteiger partial charge < -0.3 is 9.88 Å². The van der Waals surface area contributed by atoms with E-state index in [-0.39, 0.29) is 0 Å². The van der Waals surface area contributed by atoms with Gasteiger partial charge in [0.05, 0.1) is 6.54 Å². The fourth-order valence-corrected chi connectivity index (χ4v) is 1.94. The van der Waals surface area contributed by atoms with E-state index in [1.165, 1.54) is 11.1 Å². The lowest BCUT2D eigenvalue weighted by Gasteiger charge is -2.08. The van der Waals surface area contributed by atoms with Crippen LogP contribution in [-0.2, 0) is 20.1 Å². The highest BCUT2D eigenvalue weighted by Crippen LogP contribution is 2.14. The first kappa shape index (κ1) is 13.7. The van der Waals surface area contributed by atoms with Crippen molar-refractivity contribution >= 4 is 0 Å². The first-order valence-electron chi connectivity index (χ1n) is 6.72.